The lowest BCUT2D eigenvalue weighted by molar-refractivity contribution is 0.0602. The van der Waals surface area contributed by atoms with E-state index in [1.807, 2.05) is 12.1 Å². The number of carbonyl (C=O) groups excluding carboxylic acids is 1. The Morgan fingerprint density at radius 2 is 1.91 bits per heavy atom. The highest BCUT2D eigenvalue weighted by Crippen LogP contribution is 2.27. The van der Waals surface area contributed by atoms with Crippen LogP contribution in [0.15, 0.2) is 40.6 Å². The molecular formula is C15H17NO5S2. The minimum atomic E-state index is -3.82. The molecule has 2 rings (SSSR count). The molecule has 0 aliphatic heterocycles. The summed E-state index contributed by atoms with van der Waals surface area (Å²) in [6, 6.07) is 8.58. The zero-order valence-corrected chi connectivity index (χ0v) is 14.6. The van der Waals surface area contributed by atoms with Crippen molar-refractivity contribution in [2.45, 2.75) is 11.4 Å². The van der Waals surface area contributed by atoms with Crippen LogP contribution in [0.4, 0.5) is 0 Å². The first-order valence-corrected chi connectivity index (χ1v) is 8.97. The van der Waals surface area contributed by atoms with Crippen molar-refractivity contribution in [3.63, 3.8) is 0 Å². The van der Waals surface area contributed by atoms with Gasteiger partial charge in [0.05, 0.1) is 14.2 Å². The molecule has 0 radical (unpaired) electrons. The van der Waals surface area contributed by atoms with Gasteiger partial charge in [-0.2, -0.15) is 4.31 Å². The number of thiophene rings is 1. The lowest BCUT2D eigenvalue weighted by Gasteiger charge is -2.18. The molecule has 23 heavy (non-hydrogen) atoms. The highest BCUT2D eigenvalue weighted by Gasteiger charge is 2.28. The third kappa shape index (κ3) is 3.54. The zero-order valence-electron chi connectivity index (χ0n) is 13.0. The SMILES string of the molecule is COC(=O)c1sccc1S(=O)(=O)N(C)Cc1ccccc1OC. The molecule has 0 atom stereocenters. The predicted octanol–water partition coefficient (Wildman–Crippen LogP) is 2.36. The summed E-state index contributed by atoms with van der Waals surface area (Å²) in [5.74, 6) is -0.0580. The Labute approximate surface area is 139 Å². The molecule has 0 bridgehead atoms. The van der Waals surface area contributed by atoms with Gasteiger partial charge in [0.1, 0.15) is 15.5 Å². The average molecular weight is 355 g/mol. The Kier molecular flexibility index (Phi) is 5.40. The normalized spacial score (nSPS) is 11.5. The van der Waals surface area contributed by atoms with Gasteiger partial charge < -0.3 is 9.47 Å². The number of nitrogens with zero attached hydrogens (tertiary/aromatic N) is 1. The molecule has 0 unspecified atom stereocenters. The molecular weight excluding hydrogens is 338 g/mol. The number of ether oxygens (including phenoxy) is 2. The number of carbonyl (C=O) groups is 1. The second-order valence-electron chi connectivity index (χ2n) is 4.68. The van der Waals surface area contributed by atoms with Gasteiger partial charge in [0, 0.05) is 19.2 Å². The van der Waals surface area contributed by atoms with Crippen molar-refractivity contribution in [1.29, 1.82) is 0 Å². The summed E-state index contributed by atoms with van der Waals surface area (Å²) in [5, 5.41) is 1.55. The average Bonchev–Trinajstić information content (AvgIpc) is 3.05. The van der Waals surface area contributed by atoms with E-state index in [1.165, 1.54) is 31.6 Å². The molecule has 1 aromatic heterocycles. The quantitative estimate of drug-likeness (QED) is 0.744. The molecule has 0 amide bonds. The Morgan fingerprint density at radius 1 is 1.22 bits per heavy atom. The number of para-hydroxylation sites is 1. The van der Waals surface area contributed by atoms with Gasteiger partial charge in [-0.3, -0.25) is 0 Å². The standard InChI is InChI=1S/C15H17NO5S2/c1-16(10-11-6-4-5-7-12(11)20-2)23(18,19)13-8-9-22-14(13)15(17)21-3/h4-9H,10H2,1-3H3. The number of esters is 1. The van der Waals surface area contributed by atoms with Crippen molar-refractivity contribution in [3.05, 3.63) is 46.2 Å². The highest BCUT2D eigenvalue weighted by atomic mass is 32.2. The van der Waals surface area contributed by atoms with E-state index < -0.39 is 16.0 Å². The fourth-order valence-electron chi connectivity index (χ4n) is 2.07. The third-order valence-electron chi connectivity index (χ3n) is 3.27. The Morgan fingerprint density at radius 3 is 2.57 bits per heavy atom. The molecule has 8 heteroatoms. The van der Waals surface area contributed by atoms with Crippen LogP contribution in [0.25, 0.3) is 0 Å². The smallest absolute Gasteiger partial charge is 0.349 e. The molecule has 0 saturated carbocycles. The van der Waals surface area contributed by atoms with Crippen molar-refractivity contribution in [2.24, 2.45) is 0 Å². The van der Waals surface area contributed by atoms with E-state index in [0.717, 1.165) is 16.9 Å². The first-order chi connectivity index (χ1) is 10.9. The topological polar surface area (TPSA) is 72.9 Å². The largest absolute Gasteiger partial charge is 0.496 e. The van der Waals surface area contributed by atoms with Gasteiger partial charge in [0.15, 0.2) is 0 Å². The second kappa shape index (κ2) is 7.12. The molecule has 1 heterocycles. The number of methoxy groups -OCH3 is 2. The number of hydrogen-bond donors (Lipinski definition) is 0. The van der Waals surface area contributed by atoms with E-state index in [0.29, 0.717) is 5.75 Å². The van der Waals surface area contributed by atoms with Crippen LogP contribution in [0.3, 0.4) is 0 Å². The van der Waals surface area contributed by atoms with Gasteiger partial charge in [-0.1, -0.05) is 18.2 Å². The molecule has 0 saturated heterocycles. The maximum Gasteiger partial charge on any atom is 0.349 e. The molecule has 2 aromatic rings. The Bertz CT molecular complexity index is 798. The monoisotopic (exact) mass is 355 g/mol. The summed E-state index contributed by atoms with van der Waals surface area (Å²) >= 11 is 1.04. The lowest BCUT2D eigenvalue weighted by atomic mass is 10.2. The van der Waals surface area contributed by atoms with Crippen LogP contribution in [0, 0.1) is 0 Å². The van der Waals surface area contributed by atoms with Crippen molar-refractivity contribution in [1.82, 2.24) is 4.31 Å². The summed E-state index contributed by atoms with van der Waals surface area (Å²) < 4.78 is 36.5. The van der Waals surface area contributed by atoms with E-state index in [4.69, 9.17) is 4.74 Å². The number of sulfonamides is 1. The first kappa shape index (κ1) is 17.5. The first-order valence-electron chi connectivity index (χ1n) is 6.66. The van der Waals surface area contributed by atoms with Crippen molar-refractivity contribution in [2.75, 3.05) is 21.3 Å². The molecule has 6 nitrogen and oxygen atoms in total. The van der Waals surface area contributed by atoms with Crippen molar-refractivity contribution < 1.29 is 22.7 Å². The van der Waals surface area contributed by atoms with Gasteiger partial charge in [-0.25, -0.2) is 13.2 Å². The molecule has 124 valence electrons. The van der Waals surface area contributed by atoms with E-state index in [-0.39, 0.29) is 16.3 Å². The zero-order chi connectivity index (χ0) is 17.0. The van der Waals surface area contributed by atoms with E-state index in [9.17, 15) is 13.2 Å². The summed E-state index contributed by atoms with van der Waals surface area (Å²) in [4.78, 5) is 11.7. The van der Waals surface area contributed by atoms with Crippen LogP contribution in [0.2, 0.25) is 0 Å². The van der Waals surface area contributed by atoms with Gasteiger partial charge in [0.2, 0.25) is 10.0 Å². The fraction of sp³-hybridized carbons (Fsp3) is 0.267. The summed E-state index contributed by atoms with van der Waals surface area (Å²) in [7, 11) is 0.390. The van der Waals surface area contributed by atoms with E-state index in [1.54, 1.807) is 17.5 Å². The number of hydrogen-bond acceptors (Lipinski definition) is 6. The Hall–Kier alpha value is -1.90. The fourth-order valence-corrected chi connectivity index (χ4v) is 4.52. The second-order valence-corrected chi connectivity index (χ2v) is 7.61. The van der Waals surface area contributed by atoms with E-state index in [2.05, 4.69) is 4.74 Å². The van der Waals surface area contributed by atoms with Crippen LogP contribution in [-0.2, 0) is 21.3 Å². The molecule has 0 spiro atoms. The Balaban J connectivity index is 2.33. The third-order valence-corrected chi connectivity index (χ3v) is 6.14. The lowest BCUT2D eigenvalue weighted by Crippen LogP contribution is -2.27. The number of benzene rings is 1. The summed E-state index contributed by atoms with van der Waals surface area (Å²) in [6.45, 7) is 0.128. The maximum atomic E-state index is 12.7. The summed E-state index contributed by atoms with van der Waals surface area (Å²) in [6.07, 6.45) is 0. The highest BCUT2D eigenvalue weighted by molar-refractivity contribution is 7.89. The summed E-state index contributed by atoms with van der Waals surface area (Å²) in [5.41, 5.74) is 0.732. The molecule has 0 fully saturated rings. The van der Waals surface area contributed by atoms with Crippen LogP contribution in [-0.4, -0.2) is 40.0 Å². The minimum absolute atomic E-state index is 0.0493. The van der Waals surface area contributed by atoms with E-state index >= 15 is 0 Å². The van der Waals surface area contributed by atoms with Crippen molar-refractivity contribution in [3.8, 4) is 5.75 Å². The van der Waals surface area contributed by atoms with Crippen LogP contribution >= 0.6 is 11.3 Å². The van der Waals surface area contributed by atoms with Crippen LogP contribution in [0.1, 0.15) is 15.2 Å². The number of rotatable bonds is 6. The van der Waals surface area contributed by atoms with Gasteiger partial charge >= 0.3 is 5.97 Å². The van der Waals surface area contributed by atoms with Gasteiger partial charge in [0.25, 0.3) is 0 Å². The van der Waals surface area contributed by atoms with Crippen LogP contribution < -0.4 is 4.74 Å². The van der Waals surface area contributed by atoms with Crippen LogP contribution in [0.5, 0.6) is 5.75 Å². The van der Waals surface area contributed by atoms with Crippen molar-refractivity contribution >= 4 is 27.3 Å². The van der Waals surface area contributed by atoms with Gasteiger partial charge in [-0.05, 0) is 17.5 Å². The molecule has 1 aromatic carbocycles. The van der Waals surface area contributed by atoms with Gasteiger partial charge in [-0.15, -0.1) is 11.3 Å². The molecule has 0 aliphatic rings. The minimum Gasteiger partial charge on any atom is -0.496 e. The predicted molar refractivity (Wildman–Crippen MR) is 87.3 cm³/mol. The maximum absolute atomic E-state index is 12.7. The molecule has 0 aliphatic carbocycles. The molecule has 0 N–H and O–H groups in total.